The number of hydrogen-bond donors (Lipinski definition) is 3. The minimum atomic E-state index is -4.06. The van der Waals surface area contributed by atoms with E-state index in [-0.39, 0.29) is 38.0 Å². The van der Waals surface area contributed by atoms with E-state index in [1.54, 1.807) is 6.92 Å². The maximum Gasteiger partial charge on any atom is 0.275 e. The second-order valence-electron chi connectivity index (χ2n) is 6.14. The average Bonchev–Trinajstić information content (AvgIpc) is 2.60. The van der Waals surface area contributed by atoms with Crippen LogP contribution in [-0.2, 0) is 19.6 Å². The van der Waals surface area contributed by atoms with E-state index in [2.05, 4.69) is 10.6 Å². The number of sulfonamides is 1. The van der Waals surface area contributed by atoms with Crippen LogP contribution in [0.4, 0.5) is 8.78 Å². The molecule has 0 spiro atoms. The molecule has 8 nitrogen and oxygen atoms in total. The average molecular weight is 405 g/mol. The molecule has 27 heavy (non-hydrogen) atoms. The van der Waals surface area contributed by atoms with Gasteiger partial charge in [0.2, 0.25) is 15.9 Å². The van der Waals surface area contributed by atoms with Gasteiger partial charge in [0.25, 0.3) is 5.91 Å². The van der Waals surface area contributed by atoms with Crippen LogP contribution in [0, 0.1) is 11.6 Å². The van der Waals surface area contributed by atoms with Crippen LogP contribution in [0.15, 0.2) is 23.1 Å². The summed E-state index contributed by atoms with van der Waals surface area (Å²) in [7, 11) is -4.06. The number of likely N-dealkylation sites (N-methyl/N-ethyl adjacent to an activating group) is 1. The predicted octanol–water partition coefficient (Wildman–Crippen LogP) is -1.89. The highest BCUT2D eigenvalue weighted by Gasteiger charge is 2.33. The van der Waals surface area contributed by atoms with Crippen LogP contribution in [0.3, 0.4) is 0 Å². The predicted molar refractivity (Wildman–Crippen MR) is 92.4 cm³/mol. The number of benzene rings is 1. The maximum absolute atomic E-state index is 13.8. The van der Waals surface area contributed by atoms with Gasteiger partial charge >= 0.3 is 0 Å². The van der Waals surface area contributed by atoms with E-state index >= 15 is 0 Å². The molecule has 0 atom stereocenters. The van der Waals surface area contributed by atoms with Crippen LogP contribution < -0.4 is 15.5 Å². The highest BCUT2D eigenvalue weighted by molar-refractivity contribution is 7.89. The number of rotatable bonds is 7. The Hall–Kier alpha value is -2.11. The number of hydrogen-bond acceptors (Lipinski definition) is 4. The van der Waals surface area contributed by atoms with Crippen molar-refractivity contribution in [3.63, 3.8) is 0 Å². The molecule has 0 unspecified atom stereocenters. The molecule has 1 saturated heterocycles. The summed E-state index contributed by atoms with van der Waals surface area (Å²) in [6.45, 7) is 3.19. The lowest BCUT2D eigenvalue weighted by Gasteiger charge is -2.31. The number of carbonyl (C=O) groups is 2. The van der Waals surface area contributed by atoms with Gasteiger partial charge in [0.15, 0.2) is 6.54 Å². The Morgan fingerprint density at radius 3 is 2.41 bits per heavy atom. The van der Waals surface area contributed by atoms with Crippen molar-refractivity contribution in [2.24, 2.45) is 0 Å². The minimum Gasteiger partial charge on any atom is -0.355 e. The molecule has 150 valence electrons. The number of amides is 2. The largest absolute Gasteiger partial charge is 0.355 e. The lowest BCUT2D eigenvalue weighted by Crippen LogP contribution is -3.15. The van der Waals surface area contributed by atoms with Crippen molar-refractivity contribution in [3.8, 4) is 0 Å². The van der Waals surface area contributed by atoms with E-state index in [9.17, 15) is 26.8 Å². The summed E-state index contributed by atoms with van der Waals surface area (Å²) in [5.74, 6) is -2.57. The molecule has 0 radical (unpaired) electrons. The third-order valence-corrected chi connectivity index (χ3v) is 6.10. The molecular weight excluding hydrogens is 382 g/mol. The van der Waals surface area contributed by atoms with Crippen LogP contribution in [0.1, 0.15) is 6.92 Å². The summed E-state index contributed by atoms with van der Waals surface area (Å²) in [6.07, 6.45) is 0. The molecule has 1 aliphatic heterocycles. The topological polar surface area (TPSA) is 100 Å². The van der Waals surface area contributed by atoms with Gasteiger partial charge < -0.3 is 15.5 Å². The molecule has 2 amide bonds. The molecule has 1 aromatic carbocycles. The molecule has 0 saturated carbocycles. The molecule has 2 rings (SSSR count). The highest BCUT2D eigenvalue weighted by Crippen LogP contribution is 2.20. The van der Waals surface area contributed by atoms with E-state index in [4.69, 9.17) is 0 Å². The maximum atomic E-state index is 13.8. The van der Waals surface area contributed by atoms with Gasteiger partial charge in [0, 0.05) is 12.6 Å². The summed E-state index contributed by atoms with van der Waals surface area (Å²) in [5.41, 5.74) is 0. The summed E-state index contributed by atoms with van der Waals surface area (Å²) in [5, 5.41) is 5.07. The van der Waals surface area contributed by atoms with E-state index in [1.165, 1.54) is 0 Å². The van der Waals surface area contributed by atoms with Crippen molar-refractivity contribution in [2.75, 3.05) is 45.8 Å². The molecular formula is C16H23F2N4O4S+. The summed E-state index contributed by atoms with van der Waals surface area (Å²) < 4.78 is 53.0. The zero-order chi connectivity index (χ0) is 20.0. The third kappa shape index (κ3) is 5.68. The molecule has 1 aromatic rings. The van der Waals surface area contributed by atoms with Crippen LogP contribution in [0.25, 0.3) is 0 Å². The number of piperazine rings is 1. The Kier molecular flexibility index (Phi) is 7.22. The lowest BCUT2D eigenvalue weighted by molar-refractivity contribution is -0.895. The molecule has 3 N–H and O–H groups in total. The van der Waals surface area contributed by atoms with Gasteiger partial charge in [-0.3, -0.25) is 9.59 Å². The van der Waals surface area contributed by atoms with Crippen LogP contribution in [-0.4, -0.2) is 70.4 Å². The zero-order valence-electron chi connectivity index (χ0n) is 14.9. The molecule has 0 aromatic heterocycles. The van der Waals surface area contributed by atoms with Gasteiger partial charge in [-0.1, -0.05) is 0 Å². The smallest absolute Gasteiger partial charge is 0.275 e. The van der Waals surface area contributed by atoms with Gasteiger partial charge in [0.1, 0.15) is 16.5 Å². The van der Waals surface area contributed by atoms with Gasteiger partial charge in [-0.15, -0.1) is 0 Å². The van der Waals surface area contributed by atoms with Crippen molar-refractivity contribution < 1.29 is 31.7 Å². The first kappa shape index (κ1) is 21.2. The SMILES string of the molecule is CCNC(=O)CNC(=O)C[NH+]1CCN(S(=O)(=O)c2ccc(F)cc2F)CC1. The molecule has 0 bridgehead atoms. The summed E-state index contributed by atoms with van der Waals surface area (Å²) >= 11 is 0. The number of halogens is 2. The van der Waals surface area contributed by atoms with Crippen molar-refractivity contribution >= 4 is 21.8 Å². The number of nitrogens with zero attached hydrogens (tertiary/aromatic N) is 1. The Morgan fingerprint density at radius 2 is 1.81 bits per heavy atom. The number of carbonyl (C=O) groups excluding carboxylic acids is 2. The van der Waals surface area contributed by atoms with E-state index in [0.29, 0.717) is 25.7 Å². The first-order chi connectivity index (χ1) is 12.7. The van der Waals surface area contributed by atoms with Crippen molar-refractivity contribution in [3.05, 3.63) is 29.8 Å². The normalized spacial score (nSPS) is 16.1. The molecule has 1 fully saturated rings. The van der Waals surface area contributed by atoms with Gasteiger partial charge in [-0.25, -0.2) is 17.2 Å². The fourth-order valence-electron chi connectivity index (χ4n) is 2.77. The first-order valence-corrected chi connectivity index (χ1v) is 10.00. The molecule has 1 aliphatic rings. The van der Waals surface area contributed by atoms with Crippen LogP contribution in [0.2, 0.25) is 0 Å². The monoisotopic (exact) mass is 405 g/mol. The number of nitrogens with one attached hydrogen (secondary N) is 3. The molecule has 1 heterocycles. The van der Waals surface area contributed by atoms with E-state index in [1.807, 2.05) is 0 Å². The van der Waals surface area contributed by atoms with E-state index < -0.39 is 26.6 Å². The van der Waals surface area contributed by atoms with Gasteiger partial charge in [0.05, 0.1) is 32.7 Å². The highest BCUT2D eigenvalue weighted by atomic mass is 32.2. The molecule has 0 aliphatic carbocycles. The fraction of sp³-hybridized carbons (Fsp3) is 0.500. The van der Waals surface area contributed by atoms with Crippen molar-refractivity contribution in [1.82, 2.24) is 14.9 Å². The van der Waals surface area contributed by atoms with Gasteiger partial charge in [-0.2, -0.15) is 4.31 Å². The second-order valence-corrected chi connectivity index (χ2v) is 8.04. The standard InChI is InChI=1S/C16H22F2N4O4S/c1-2-19-15(23)10-20-16(24)11-21-5-7-22(8-6-21)27(25,26)14-4-3-12(17)9-13(14)18/h3-4,9H,2,5-8,10-11H2,1H3,(H,19,23)(H,20,24)/p+1. The van der Waals surface area contributed by atoms with Crippen molar-refractivity contribution in [2.45, 2.75) is 11.8 Å². The quantitative estimate of drug-likeness (QED) is 0.494. The number of quaternary nitrogens is 1. The lowest BCUT2D eigenvalue weighted by atomic mass is 10.3. The van der Waals surface area contributed by atoms with E-state index in [0.717, 1.165) is 21.3 Å². The fourth-order valence-corrected chi connectivity index (χ4v) is 4.26. The Morgan fingerprint density at radius 1 is 1.15 bits per heavy atom. The summed E-state index contributed by atoms with van der Waals surface area (Å²) in [4.78, 5) is 23.5. The Labute approximate surface area is 156 Å². The zero-order valence-corrected chi connectivity index (χ0v) is 15.7. The van der Waals surface area contributed by atoms with Gasteiger partial charge in [-0.05, 0) is 19.1 Å². The molecule has 11 heteroatoms. The minimum absolute atomic E-state index is 0.107. The Bertz CT molecular complexity index is 796. The van der Waals surface area contributed by atoms with Crippen LogP contribution >= 0.6 is 0 Å². The third-order valence-electron chi connectivity index (χ3n) is 4.17. The summed E-state index contributed by atoms with van der Waals surface area (Å²) in [6, 6.07) is 2.35. The first-order valence-electron chi connectivity index (χ1n) is 8.56. The second kappa shape index (κ2) is 9.20. The van der Waals surface area contributed by atoms with Crippen molar-refractivity contribution in [1.29, 1.82) is 0 Å². The Balaban J connectivity index is 1.87. The van der Waals surface area contributed by atoms with Crippen LogP contribution in [0.5, 0.6) is 0 Å².